The third-order valence-electron chi connectivity index (χ3n) is 4.65. The third-order valence-corrected chi connectivity index (χ3v) is 5.19. The number of anilines is 1. The summed E-state index contributed by atoms with van der Waals surface area (Å²) in [7, 11) is 0. The lowest BCUT2D eigenvalue weighted by Crippen LogP contribution is -2.27. The van der Waals surface area contributed by atoms with Gasteiger partial charge in [-0.2, -0.15) is 0 Å². The summed E-state index contributed by atoms with van der Waals surface area (Å²) in [5.74, 6) is -0.464. The summed E-state index contributed by atoms with van der Waals surface area (Å²) >= 11 is 11.8. The Labute approximate surface area is 203 Å². The van der Waals surface area contributed by atoms with Crippen molar-refractivity contribution in [1.82, 2.24) is 9.55 Å². The van der Waals surface area contributed by atoms with Gasteiger partial charge < -0.3 is 14.8 Å². The largest absolute Gasteiger partial charge is 0.480 e. The molecule has 1 amide bonds. The monoisotopic (exact) mass is 497 g/mol. The lowest BCUT2D eigenvalue weighted by Gasteiger charge is -2.10. The lowest BCUT2D eigenvalue weighted by atomic mass is 10.2. The maximum atomic E-state index is 12.5. The van der Waals surface area contributed by atoms with E-state index >= 15 is 0 Å². The van der Waals surface area contributed by atoms with Gasteiger partial charge in [0.05, 0.1) is 22.3 Å². The number of para-hydroxylation sites is 1. The number of fused-ring (bicyclic) bond motifs is 1. The van der Waals surface area contributed by atoms with Crippen LogP contribution < -0.4 is 20.3 Å². The van der Waals surface area contributed by atoms with Crippen LogP contribution in [0.2, 0.25) is 10.0 Å². The number of esters is 1. The first kappa shape index (κ1) is 23.3. The Bertz CT molecular complexity index is 1420. The van der Waals surface area contributed by atoms with E-state index in [2.05, 4.69) is 10.3 Å². The van der Waals surface area contributed by atoms with Crippen LogP contribution in [0.5, 0.6) is 11.5 Å². The highest BCUT2D eigenvalue weighted by Crippen LogP contribution is 2.27. The van der Waals surface area contributed by atoms with Crippen molar-refractivity contribution in [2.45, 2.75) is 6.54 Å². The summed E-state index contributed by atoms with van der Waals surface area (Å²) < 4.78 is 11.8. The van der Waals surface area contributed by atoms with E-state index in [0.717, 1.165) is 0 Å². The van der Waals surface area contributed by atoms with Crippen molar-refractivity contribution in [3.05, 3.63) is 93.5 Å². The minimum absolute atomic E-state index is 0.196. The van der Waals surface area contributed by atoms with E-state index in [4.69, 9.17) is 32.7 Å². The van der Waals surface area contributed by atoms with Crippen molar-refractivity contribution in [2.24, 2.45) is 0 Å². The fourth-order valence-electron chi connectivity index (χ4n) is 3.07. The number of hydrogen-bond donors (Lipinski definition) is 1. The van der Waals surface area contributed by atoms with E-state index in [9.17, 15) is 14.4 Å². The molecule has 10 heteroatoms. The molecule has 0 saturated carbocycles. The number of aromatic nitrogens is 2. The van der Waals surface area contributed by atoms with Gasteiger partial charge in [-0.25, -0.2) is 9.78 Å². The lowest BCUT2D eigenvalue weighted by molar-refractivity contribution is -0.136. The second kappa shape index (κ2) is 10.4. The van der Waals surface area contributed by atoms with Crippen molar-refractivity contribution in [2.75, 3.05) is 11.9 Å². The van der Waals surface area contributed by atoms with Gasteiger partial charge in [0.1, 0.15) is 18.0 Å². The van der Waals surface area contributed by atoms with Crippen LogP contribution in [0.25, 0.3) is 10.9 Å². The molecule has 0 aliphatic carbocycles. The number of nitrogens with zero attached hydrogens (tertiary/aromatic N) is 2. The zero-order chi connectivity index (χ0) is 24.1. The molecule has 0 fully saturated rings. The molecule has 1 aromatic heterocycles. The number of carbonyl (C=O) groups excluding carboxylic acids is 2. The summed E-state index contributed by atoms with van der Waals surface area (Å²) in [5, 5.41) is 3.85. The summed E-state index contributed by atoms with van der Waals surface area (Å²) in [4.78, 5) is 41.1. The Morgan fingerprint density at radius 1 is 1.00 bits per heavy atom. The van der Waals surface area contributed by atoms with Crippen molar-refractivity contribution in [3.63, 3.8) is 0 Å². The van der Waals surface area contributed by atoms with Gasteiger partial charge in [-0.15, -0.1) is 0 Å². The molecule has 3 aromatic carbocycles. The van der Waals surface area contributed by atoms with E-state index in [0.29, 0.717) is 27.4 Å². The first-order valence-electron chi connectivity index (χ1n) is 10.0. The smallest absolute Gasteiger partial charge is 0.349 e. The standard InChI is InChI=1S/C24H17Cl2N3O5/c25-15-5-10-21(19(26)11-15)33-13-23(31)34-17-8-6-16(7-9-17)28-22(30)12-29-14-27-20-4-2-1-3-18(20)24(29)32/h1-11,14H,12-13H2,(H,28,30). The quantitative estimate of drug-likeness (QED) is 0.301. The predicted octanol–water partition coefficient (Wildman–Crippen LogP) is 4.33. The Balaban J connectivity index is 1.31. The van der Waals surface area contributed by atoms with Crippen LogP contribution in [0, 0.1) is 0 Å². The van der Waals surface area contributed by atoms with Crippen molar-refractivity contribution in [3.8, 4) is 11.5 Å². The van der Waals surface area contributed by atoms with Crippen LogP contribution in [-0.2, 0) is 16.1 Å². The number of ether oxygens (including phenoxy) is 2. The van der Waals surface area contributed by atoms with E-state index in [-0.39, 0.29) is 29.5 Å². The molecular weight excluding hydrogens is 481 g/mol. The number of carbonyl (C=O) groups is 2. The van der Waals surface area contributed by atoms with Crippen molar-refractivity contribution in [1.29, 1.82) is 0 Å². The minimum Gasteiger partial charge on any atom is -0.480 e. The second-order valence-corrected chi connectivity index (χ2v) is 7.95. The average Bonchev–Trinajstić information content (AvgIpc) is 2.82. The molecule has 0 aliphatic heterocycles. The Morgan fingerprint density at radius 2 is 1.76 bits per heavy atom. The molecule has 8 nitrogen and oxygen atoms in total. The minimum atomic E-state index is -0.633. The third kappa shape index (κ3) is 5.72. The van der Waals surface area contributed by atoms with E-state index in [1.165, 1.54) is 29.1 Å². The summed E-state index contributed by atoms with van der Waals surface area (Å²) in [5.41, 5.74) is 0.733. The number of benzene rings is 3. The molecular formula is C24H17Cl2N3O5. The first-order valence-corrected chi connectivity index (χ1v) is 10.8. The molecule has 0 aliphatic rings. The fourth-order valence-corrected chi connectivity index (χ4v) is 3.53. The van der Waals surface area contributed by atoms with Crippen LogP contribution in [0.15, 0.2) is 77.9 Å². The van der Waals surface area contributed by atoms with Gasteiger partial charge in [0.25, 0.3) is 5.56 Å². The molecule has 0 spiro atoms. The second-order valence-electron chi connectivity index (χ2n) is 7.10. The molecule has 172 valence electrons. The fraction of sp³-hybridized carbons (Fsp3) is 0.0833. The summed E-state index contributed by atoms with van der Waals surface area (Å²) in [6, 6.07) is 17.7. The van der Waals surface area contributed by atoms with Gasteiger partial charge in [-0.1, -0.05) is 35.3 Å². The molecule has 0 bridgehead atoms. The normalized spacial score (nSPS) is 10.6. The van der Waals surface area contributed by atoms with Gasteiger partial charge >= 0.3 is 5.97 Å². The number of rotatable bonds is 7. The van der Waals surface area contributed by atoms with Crippen LogP contribution in [0.3, 0.4) is 0 Å². The van der Waals surface area contributed by atoms with Crippen LogP contribution >= 0.6 is 23.2 Å². The van der Waals surface area contributed by atoms with Crippen molar-refractivity contribution >= 4 is 51.7 Å². The predicted molar refractivity (Wildman–Crippen MR) is 129 cm³/mol. The highest BCUT2D eigenvalue weighted by Gasteiger charge is 2.11. The molecule has 1 N–H and O–H groups in total. The van der Waals surface area contributed by atoms with Crippen LogP contribution in [-0.4, -0.2) is 28.0 Å². The highest BCUT2D eigenvalue weighted by molar-refractivity contribution is 6.35. The average molecular weight is 498 g/mol. The number of hydrogen-bond acceptors (Lipinski definition) is 6. The van der Waals surface area contributed by atoms with Crippen LogP contribution in [0.1, 0.15) is 0 Å². The number of nitrogens with one attached hydrogen (secondary N) is 1. The molecule has 4 aromatic rings. The summed E-state index contributed by atoms with van der Waals surface area (Å²) in [6.07, 6.45) is 1.34. The van der Waals surface area contributed by atoms with E-state index < -0.39 is 11.9 Å². The zero-order valence-electron chi connectivity index (χ0n) is 17.5. The molecule has 0 saturated heterocycles. The molecule has 0 radical (unpaired) electrons. The van der Waals surface area contributed by atoms with Gasteiger partial charge in [0.15, 0.2) is 6.61 Å². The number of halogens is 2. The summed E-state index contributed by atoms with van der Waals surface area (Å²) in [6.45, 7) is -0.549. The Morgan fingerprint density at radius 3 is 2.53 bits per heavy atom. The number of amides is 1. The maximum Gasteiger partial charge on any atom is 0.349 e. The molecule has 0 atom stereocenters. The topological polar surface area (TPSA) is 99.5 Å². The van der Waals surface area contributed by atoms with Crippen LogP contribution in [0.4, 0.5) is 5.69 Å². The van der Waals surface area contributed by atoms with E-state index in [1.807, 2.05) is 0 Å². The molecule has 4 rings (SSSR count). The van der Waals surface area contributed by atoms with Gasteiger partial charge in [-0.3, -0.25) is 14.2 Å². The zero-order valence-corrected chi connectivity index (χ0v) is 19.0. The maximum absolute atomic E-state index is 12.5. The van der Waals surface area contributed by atoms with Crippen molar-refractivity contribution < 1.29 is 19.1 Å². The SMILES string of the molecule is O=C(Cn1cnc2ccccc2c1=O)Nc1ccc(OC(=O)COc2ccc(Cl)cc2Cl)cc1. The molecule has 34 heavy (non-hydrogen) atoms. The Kier molecular flexibility index (Phi) is 7.10. The highest BCUT2D eigenvalue weighted by atomic mass is 35.5. The first-order chi connectivity index (χ1) is 16.4. The molecule has 1 heterocycles. The van der Waals surface area contributed by atoms with Gasteiger partial charge in [0.2, 0.25) is 5.91 Å². The Hall–Kier alpha value is -3.88. The van der Waals surface area contributed by atoms with Gasteiger partial charge in [0, 0.05) is 10.7 Å². The van der Waals surface area contributed by atoms with Gasteiger partial charge in [-0.05, 0) is 54.6 Å². The van der Waals surface area contributed by atoms with E-state index in [1.54, 1.807) is 48.5 Å². The molecule has 0 unspecified atom stereocenters.